The van der Waals surface area contributed by atoms with Gasteiger partial charge in [-0.15, -0.1) is 11.3 Å². The van der Waals surface area contributed by atoms with E-state index >= 15 is 0 Å². The SMILES string of the molecule is Cc1sc2ncnc(N3CCC(C(=O)Nc4cc(F)ccc4NC(=O)OC(C)(C)C)CC3)c2c1C. The molecule has 2 amide bonds. The van der Waals surface area contributed by atoms with Gasteiger partial charge in [-0.25, -0.2) is 19.2 Å². The molecule has 35 heavy (non-hydrogen) atoms. The van der Waals surface area contributed by atoms with E-state index in [1.807, 2.05) is 0 Å². The number of carbonyl (C=O) groups excluding carboxylic acids is 2. The highest BCUT2D eigenvalue weighted by Gasteiger charge is 2.28. The predicted octanol–water partition coefficient (Wildman–Crippen LogP) is 5.65. The van der Waals surface area contributed by atoms with Crippen LogP contribution in [0.3, 0.4) is 0 Å². The van der Waals surface area contributed by atoms with Crippen LogP contribution in [0.2, 0.25) is 0 Å². The maximum atomic E-state index is 13.9. The molecule has 186 valence electrons. The average Bonchev–Trinajstić information content (AvgIpc) is 3.08. The zero-order chi connectivity index (χ0) is 25.3. The Kier molecular flexibility index (Phi) is 6.93. The van der Waals surface area contributed by atoms with Crippen molar-refractivity contribution in [2.75, 3.05) is 28.6 Å². The summed E-state index contributed by atoms with van der Waals surface area (Å²) in [6, 6.07) is 3.82. The molecular weight excluding hydrogens is 469 g/mol. The van der Waals surface area contributed by atoms with Crippen LogP contribution in [0, 0.1) is 25.6 Å². The number of benzene rings is 1. The quantitative estimate of drug-likeness (QED) is 0.482. The summed E-state index contributed by atoms with van der Waals surface area (Å²) in [5.41, 5.74) is 0.983. The topological polar surface area (TPSA) is 96.5 Å². The van der Waals surface area contributed by atoms with Crippen LogP contribution in [0.1, 0.15) is 44.1 Å². The lowest BCUT2D eigenvalue weighted by Crippen LogP contribution is -2.38. The summed E-state index contributed by atoms with van der Waals surface area (Å²) >= 11 is 1.66. The minimum atomic E-state index is -0.684. The molecule has 0 saturated carbocycles. The molecule has 0 unspecified atom stereocenters. The monoisotopic (exact) mass is 499 g/mol. The van der Waals surface area contributed by atoms with Crippen molar-refractivity contribution in [1.29, 1.82) is 0 Å². The van der Waals surface area contributed by atoms with Crippen LogP contribution in [0.4, 0.5) is 26.4 Å². The summed E-state index contributed by atoms with van der Waals surface area (Å²) in [5, 5.41) is 6.46. The van der Waals surface area contributed by atoms with Gasteiger partial charge in [-0.3, -0.25) is 10.1 Å². The Morgan fingerprint density at radius 2 is 1.83 bits per heavy atom. The number of carbonyl (C=O) groups is 2. The fraction of sp³-hybridized carbons (Fsp3) is 0.440. The smallest absolute Gasteiger partial charge is 0.412 e. The number of aryl methyl sites for hydroxylation is 2. The molecule has 3 heterocycles. The zero-order valence-electron chi connectivity index (χ0n) is 20.6. The molecule has 0 aliphatic carbocycles. The molecule has 0 radical (unpaired) electrons. The fourth-order valence-electron chi connectivity index (χ4n) is 4.13. The van der Waals surface area contributed by atoms with Gasteiger partial charge in [0.15, 0.2) is 0 Å². The van der Waals surface area contributed by atoms with E-state index in [1.165, 1.54) is 28.6 Å². The summed E-state index contributed by atoms with van der Waals surface area (Å²) in [4.78, 5) is 38.6. The maximum Gasteiger partial charge on any atom is 0.412 e. The van der Waals surface area contributed by atoms with E-state index in [-0.39, 0.29) is 23.2 Å². The first-order chi connectivity index (χ1) is 16.5. The number of aromatic nitrogens is 2. The molecule has 2 N–H and O–H groups in total. The Morgan fingerprint density at radius 3 is 2.51 bits per heavy atom. The second-order valence-electron chi connectivity index (χ2n) is 9.73. The minimum Gasteiger partial charge on any atom is -0.444 e. The van der Waals surface area contributed by atoms with Gasteiger partial charge in [-0.1, -0.05) is 0 Å². The van der Waals surface area contributed by atoms with Crippen LogP contribution in [0.15, 0.2) is 24.5 Å². The van der Waals surface area contributed by atoms with E-state index < -0.39 is 17.5 Å². The van der Waals surface area contributed by atoms with E-state index in [1.54, 1.807) is 38.4 Å². The summed E-state index contributed by atoms with van der Waals surface area (Å²) in [5.74, 6) is -0.0619. The number of halogens is 1. The lowest BCUT2D eigenvalue weighted by molar-refractivity contribution is -0.120. The molecule has 10 heteroatoms. The first-order valence-electron chi connectivity index (χ1n) is 11.6. The van der Waals surface area contributed by atoms with Crippen LogP contribution in [0.5, 0.6) is 0 Å². The number of nitrogens with one attached hydrogen (secondary N) is 2. The molecule has 0 bridgehead atoms. The number of hydrogen-bond acceptors (Lipinski definition) is 7. The van der Waals surface area contributed by atoms with Gasteiger partial charge in [-0.2, -0.15) is 0 Å². The molecule has 0 atom stereocenters. The third kappa shape index (κ3) is 5.70. The molecule has 1 aliphatic rings. The van der Waals surface area contributed by atoms with Gasteiger partial charge >= 0.3 is 6.09 Å². The highest BCUT2D eigenvalue weighted by atomic mass is 32.1. The number of ether oxygens (including phenoxy) is 1. The molecule has 1 saturated heterocycles. The molecule has 8 nitrogen and oxygen atoms in total. The van der Waals surface area contributed by atoms with Gasteiger partial charge in [0, 0.05) is 23.9 Å². The maximum absolute atomic E-state index is 13.9. The van der Waals surface area contributed by atoms with Gasteiger partial charge in [-0.05, 0) is 71.2 Å². The summed E-state index contributed by atoms with van der Waals surface area (Å²) in [6.45, 7) is 10.8. The highest BCUT2D eigenvalue weighted by Crippen LogP contribution is 2.36. The molecule has 1 fully saturated rings. The van der Waals surface area contributed by atoms with Gasteiger partial charge in [0.2, 0.25) is 5.91 Å². The lowest BCUT2D eigenvalue weighted by atomic mass is 9.95. The predicted molar refractivity (Wildman–Crippen MR) is 137 cm³/mol. The molecule has 4 rings (SSSR count). The Morgan fingerprint density at radius 1 is 1.11 bits per heavy atom. The average molecular weight is 500 g/mol. The Hall–Kier alpha value is -3.27. The number of piperidine rings is 1. The molecule has 0 spiro atoms. The molecule has 2 aromatic heterocycles. The standard InChI is InChI=1S/C25H30FN5O3S/c1-14-15(2)35-23-20(14)21(27-13-28-23)31-10-8-16(9-11-31)22(32)29-19-12-17(26)6-7-18(19)30-24(33)34-25(3,4)5/h6-7,12-13,16H,8-11H2,1-5H3,(H,29,32)(H,30,33). The fourth-order valence-corrected chi connectivity index (χ4v) is 5.13. The molecular formula is C25H30FN5O3S. The lowest BCUT2D eigenvalue weighted by Gasteiger charge is -2.32. The molecule has 1 aromatic carbocycles. The van der Waals surface area contributed by atoms with Crippen molar-refractivity contribution in [3.8, 4) is 0 Å². The van der Waals surface area contributed by atoms with E-state index in [0.29, 0.717) is 25.9 Å². The first-order valence-corrected chi connectivity index (χ1v) is 12.4. The second kappa shape index (κ2) is 9.77. The van der Waals surface area contributed by atoms with E-state index in [0.717, 1.165) is 16.0 Å². The van der Waals surface area contributed by atoms with Crippen LogP contribution < -0.4 is 15.5 Å². The number of amides is 2. The zero-order valence-corrected chi connectivity index (χ0v) is 21.4. The van der Waals surface area contributed by atoms with Crippen LogP contribution >= 0.6 is 11.3 Å². The highest BCUT2D eigenvalue weighted by molar-refractivity contribution is 7.18. The van der Waals surface area contributed by atoms with Gasteiger partial charge in [0.05, 0.1) is 16.8 Å². The van der Waals surface area contributed by atoms with Gasteiger partial charge in [0.25, 0.3) is 0 Å². The Balaban J connectivity index is 1.43. The molecule has 1 aliphatic heterocycles. The van der Waals surface area contributed by atoms with E-state index in [2.05, 4.69) is 39.3 Å². The van der Waals surface area contributed by atoms with Crippen molar-refractivity contribution in [2.24, 2.45) is 5.92 Å². The van der Waals surface area contributed by atoms with Crippen molar-refractivity contribution in [3.05, 3.63) is 40.8 Å². The minimum absolute atomic E-state index is 0.199. The van der Waals surface area contributed by atoms with Crippen LogP contribution in [0.25, 0.3) is 10.2 Å². The first kappa shape index (κ1) is 24.8. The van der Waals surface area contributed by atoms with E-state index in [4.69, 9.17) is 4.74 Å². The largest absolute Gasteiger partial charge is 0.444 e. The van der Waals surface area contributed by atoms with Crippen molar-refractivity contribution in [3.63, 3.8) is 0 Å². The summed E-state index contributed by atoms with van der Waals surface area (Å²) in [6.07, 6.45) is 2.17. The number of fused-ring (bicyclic) bond motifs is 1. The van der Waals surface area contributed by atoms with Gasteiger partial charge in [0.1, 0.15) is 28.4 Å². The normalized spacial score (nSPS) is 14.7. The second-order valence-corrected chi connectivity index (χ2v) is 10.9. The van der Waals surface area contributed by atoms with Crippen molar-refractivity contribution >= 4 is 50.7 Å². The number of nitrogens with zero attached hydrogens (tertiary/aromatic N) is 3. The number of rotatable bonds is 4. The number of anilines is 3. The Bertz CT molecular complexity index is 1260. The third-order valence-electron chi connectivity index (χ3n) is 5.99. The van der Waals surface area contributed by atoms with Crippen molar-refractivity contribution in [2.45, 2.75) is 53.1 Å². The summed E-state index contributed by atoms with van der Waals surface area (Å²) in [7, 11) is 0. The third-order valence-corrected chi connectivity index (χ3v) is 7.10. The van der Waals surface area contributed by atoms with Crippen LogP contribution in [-0.4, -0.2) is 40.7 Å². The van der Waals surface area contributed by atoms with Crippen molar-refractivity contribution in [1.82, 2.24) is 9.97 Å². The summed E-state index contributed by atoms with van der Waals surface area (Å²) < 4.78 is 19.2. The van der Waals surface area contributed by atoms with E-state index in [9.17, 15) is 14.0 Å². The number of thiophene rings is 1. The molecule has 3 aromatic rings. The van der Waals surface area contributed by atoms with Crippen LogP contribution in [-0.2, 0) is 9.53 Å². The number of hydrogen-bond donors (Lipinski definition) is 2. The van der Waals surface area contributed by atoms with Gasteiger partial charge < -0.3 is 15.0 Å². The van der Waals surface area contributed by atoms with Crippen molar-refractivity contribution < 1.29 is 18.7 Å². The Labute approximate surface area is 207 Å².